The summed E-state index contributed by atoms with van der Waals surface area (Å²) in [6, 6.07) is 8.08. The van der Waals surface area contributed by atoms with Crippen molar-refractivity contribution in [2.24, 2.45) is 0 Å². The molecule has 0 aliphatic rings. The third-order valence-corrected chi connectivity index (χ3v) is 3.06. The van der Waals surface area contributed by atoms with Crippen LogP contribution in [0.3, 0.4) is 0 Å². The van der Waals surface area contributed by atoms with Gasteiger partial charge in [-0.1, -0.05) is 45.0 Å². The van der Waals surface area contributed by atoms with Crippen LogP contribution in [0.25, 0.3) is 0 Å². The molecule has 1 aromatic rings. The predicted molar refractivity (Wildman–Crippen MR) is 77.1 cm³/mol. The van der Waals surface area contributed by atoms with Gasteiger partial charge in [-0.05, 0) is 24.6 Å². The number of rotatable bonds is 4. The van der Waals surface area contributed by atoms with E-state index in [0.29, 0.717) is 0 Å². The lowest BCUT2D eigenvalue weighted by atomic mass is 10.2. The first-order chi connectivity index (χ1) is 8.01. The van der Waals surface area contributed by atoms with Crippen LogP contribution in [0.15, 0.2) is 24.3 Å². The molecule has 0 aliphatic heterocycles. The van der Waals surface area contributed by atoms with Crippen LogP contribution < -0.4 is 4.74 Å². The largest absolute Gasteiger partial charge is 0.494 e. The molecule has 0 aromatic heterocycles. The van der Waals surface area contributed by atoms with Gasteiger partial charge in [0, 0.05) is 5.56 Å². The molecule has 0 N–H and O–H groups in total. The van der Waals surface area contributed by atoms with Gasteiger partial charge in [0.25, 0.3) is 0 Å². The van der Waals surface area contributed by atoms with E-state index in [-0.39, 0.29) is 0 Å². The van der Waals surface area contributed by atoms with Crippen LogP contribution in [-0.2, 0) is 0 Å². The van der Waals surface area contributed by atoms with Crippen LogP contribution >= 0.6 is 0 Å². The first kappa shape index (κ1) is 13.9. The highest BCUT2D eigenvalue weighted by Crippen LogP contribution is 2.13. The molecule has 0 saturated carbocycles. The molecule has 1 aromatic carbocycles. The quantitative estimate of drug-likeness (QED) is 0.441. The zero-order valence-electron chi connectivity index (χ0n) is 11.3. The molecule has 0 saturated heterocycles. The second-order valence-electron chi connectivity index (χ2n) is 5.23. The molecule has 0 aliphatic carbocycles. The molecule has 0 radical (unpaired) electrons. The summed E-state index contributed by atoms with van der Waals surface area (Å²) < 4.78 is 5.66. The molecule has 1 nitrogen and oxygen atoms in total. The van der Waals surface area contributed by atoms with E-state index in [1.807, 2.05) is 24.3 Å². The van der Waals surface area contributed by atoms with Gasteiger partial charge < -0.3 is 4.74 Å². The lowest BCUT2D eigenvalue weighted by Crippen LogP contribution is -2.16. The summed E-state index contributed by atoms with van der Waals surface area (Å²) in [5, 5.41) is 0. The van der Waals surface area contributed by atoms with Crippen molar-refractivity contribution in [3.8, 4) is 17.2 Å². The van der Waals surface area contributed by atoms with Gasteiger partial charge >= 0.3 is 0 Å². The van der Waals surface area contributed by atoms with E-state index in [2.05, 4.69) is 38.0 Å². The van der Waals surface area contributed by atoms with Gasteiger partial charge in [-0.15, -0.1) is 5.54 Å². The second kappa shape index (κ2) is 6.51. The van der Waals surface area contributed by atoms with Crippen molar-refractivity contribution in [1.29, 1.82) is 0 Å². The fraction of sp³-hybridized carbons (Fsp3) is 0.467. The molecule has 0 bridgehead atoms. The Bertz CT molecular complexity index is 407. The van der Waals surface area contributed by atoms with Crippen LogP contribution in [0.2, 0.25) is 19.6 Å². The molecule has 1 rings (SSSR count). The molecule has 0 spiro atoms. The Balaban J connectivity index is 2.68. The lowest BCUT2D eigenvalue weighted by molar-refractivity contribution is 0.309. The van der Waals surface area contributed by atoms with E-state index in [9.17, 15) is 0 Å². The molecule has 17 heavy (non-hydrogen) atoms. The standard InChI is InChI=1S/C15H22OSi/c1-5-6-11-16-15-9-7-8-14(13-15)10-12-17(2,3)4/h7-9,13H,5-6,11H2,1-4H3. The number of benzene rings is 1. The minimum absolute atomic E-state index is 0.793. The Kier molecular flexibility index (Phi) is 5.31. The van der Waals surface area contributed by atoms with Crippen molar-refractivity contribution in [2.75, 3.05) is 6.61 Å². The Hall–Kier alpha value is -1.20. The van der Waals surface area contributed by atoms with Crippen molar-refractivity contribution >= 4 is 8.07 Å². The Morgan fingerprint density at radius 3 is 2.65 bits per heavy atom. The lowest BCUT2D eigenvalue weighted by Gasteiger charge is -2.06. The van der Waals surface area contributed by atoms with Crippen LogP contribution in [0, 0.1) is 11.5 Å². The van der Waals surface area contributed by atoms with Crippen LogP contribution in [0.5, 0.6) is 5.75 Å². The minimum Gasteiger partial charge on any atom is -0.494 e. The average Bonchev–Trinajstić information content (AvgIpc) is 2.27. The molecule has 0 amide bonds. The highest BCUT2D eigenvalue weighted by Gasteiger charge is 2.07. The SMILES string of the molecule is CCCCOc1cccc(C#C[Si](C)(C)C)c1. The highest BCUT2D eigenvalue weighted by atomic mass is 28.3. The number of ether oxygens (including phenoxy) is 1. The summed E-state index contributed by atoms with van der Waals surface area (Å²) in [6.45, 7) is 9.71. The van der Waals surface area contributed by atoms with E-state index in [1.165, 1.54) is 0 Å². The Morgan fingerprint density at radius 1 is 1.24 bits per heavy atom. The monoisotopic (exact) mass is 246 g/mol. The fourth-order valence-corrected chi connectivity index (χ4v) is 1.78. The summed E-state index contributed by atoms with van der Waals surface area (Å²) in [5.41, 5.74) is 4.42. The minimum atomic E-state index is -1.29. The Labute approximate surface area is 106 Å². The van der Waals surface area contributed by atoms with Crippen LogP contribution in [-0.4, -0.2) is 14.7 Å². The molecular formula is C15H22OSi. The van der Waals surface area contributed by atoms with Gasteiger partial charge in [-0.25, -0.2) is 0 Å². The first-order valence-electron chi connectivity index (χ1n) is 6.27. The molecule has 0 atom stereocenters. The summed E-state index contributed by atoms with van der Waals surface area (Å²) in [5.74, 6) is 4.18. The Morgan fingerprint density at radius 2 is 2.00 bits per heavy atom. The van der Waals surface area contributed by atoms with Gasteiger partial charge in [0.1, 0.15) is 13.8 Å². The molecule has 0 unspecified atom stereocenters. The van der Waals surface area contributed by atoms with Crippen LogP contribution in [0.4, 0.5) is 0 Å². The molecular weight excluding hydrogens is 224 g/mol. The van der Waals surface area contributed by atoms with Gasteiger partial charge in [-0.2, -0.15) is 0 Å². The second-order valence-corrected chi connectivity index (χ2v) is 9.98. The van der Waals surface area contributed by atoms with E-state index in [0.717, 1.165) is 30.8 Å². The smallest absolute Gasteiger partial charge is 0.129 e. The molecule has 2 heteroatoms. The number of hydrogen-bond acceptors (Lipinski definition) is 1. The van der Waals surface area contributed by atoms with Crippen molar-refractivity contribution in [1.82, 2.24) is 0 Å². The van der Waals surface area contributed by atoms with Crippen molar-refractivity contribution in [3.63, 3.8) is 0 Å². The van der Waals surface area contributed by atoms with Gasteiger partial charge in [-0.3, -0.25) is 0 Å². The van der Waals surface area contributed by atoms with E-state index < -0.39 is 8.07 Å². The molecule has 92 valence electrons. The normalized spacial score (nSPS) is 10.6. The predicted octanol–water partition coefficient (Wildman–Crippen LogP) is 4.09. The van der Waals surface area contributed by atoms with Gasteiger partial charge in [0.15, 0.2) is 0 Å². The average molecular weight is 246 g/mol. The van der Waals surface area contributed by atoms with Gasteiger partial charge in [0.2, 0.25) is 0 Å². The fourth-order valence-electron chi connectivity index (χ4n) is 1.26. The zero-order chi connectivity index (χ0) is 12.7. The maximum atomic E-state index is 5.66. The summed E-state index contributed by atoms with van der Waals surface area (Å²) in [7, 11) is -1.29. The first-order valence-corrected chi connectivity index (χ1v) is 9.77. The topological polar surface area (TPSA) is 9.23 Å². The van der Waals surface area contributed by atoms with E-state index >= 15 is 0 Å². The summed E-state index contributed by atoms with van der Waals surface area (Å²) >= 11 is 0. The summed E-state index contributed by atoms with van der Waals surface area (Å²) in [4.78, 5) is 0. The van der Waals surface area contributed by atoms with Crippen LogP contribution in [0.1, 0.15) is 25.3 Å². The zero-order valence-corrected chi connectivity index (χ0v) is 12.3. The number of hydrogen-bond donors (Lipinski definition) is 0. The molecule has 0 heterocycles. The number of unbranched alkanes of at least 4 members (excludes halogenated alkanes) is 1. The van der Waals surface area contributed by atoms with Crippen molar-refractivity contribution < 1.29 is 4.74 Å². The van der Waals surface area contributed by atoms with Crippen molar-refractivity contribution in [3.05, 3.63) is 29.8 Å². The maximum absolute atomic E-state index is 5.66. The third-order valence-electron chi connectivity index (χ3n) is 2.18. The highest BCUT2D eigenvalue weighted by molar-refractivity contribution is 6.83. The van der Waals surface area contributed by atoms with E-state index in [1.54, 1.807) is 0 Å². The van der Waals surface area contributed by atoms with Gasteiger partial charge in [0.05, 0.1) is 6.61 Å². The van der Waals surface area contributed by atoms with Crippen molar-refractivity contribution in [2.45, 2.75) is 39.4 Å². The molecule has 0 fully saturated rings. The maximum Gasteiger partial charge on any atom is 0.129 e. The summed E-state index contributed by atoms with van der Waals surface area (Å²) in [6.07, 6.45) is 2.26. The third kappa shape index (κ3) is 6.18. The van der Waals surface area contributed by atoms with E-state index in [4.69, 9.17) is 4.74 Å².